The highest BCUT2D eigenvalue weighted by Crippen LogP contribution is 2.26. The molecule has 2 fully saturated rings. The highest BCUT2D eigenvalue weighted by Gasteiger charge is 2.35. The molecule has 0 aromatic heterocycles. The summed E-state index contributed by atoms with van der Waals surface area (Å²) in [6.45, 7) is 0.281. The summed E-state index contributed by atoms with van der Waals surface area (Å²) in [5, 5.41) is 20.1. The van der Waals surface area contributed by atoms with Gasteiger partial charge < -0.3 is 29.5 Å². The highest BCUT2D eigenvalue weighted by molar-refractivity contribution is 5.87. The third-order valence-electron chi connectivity index (χ3n) is 6.22. The summed E-state index contributed by atoms with van der Waals surface area (Å²) in [5.74, 6) is -1.87. The van der Waals surface area contributed by atoms with Crippen molar-refractivity contribution >= 4 is 34.5 Å². The summed E-state index contributed by atoms with van der Waals surface area (Å²) in [5.41, 5.74) is 0. The summed E-state index contributed by atoms with van der Waals surface area (Å²) in [4.78, 5) is 50.1. The Morgan fingerprint density at radius 3 is 1.59 bits per heavy atom. The Kier molecular flexibility index (Phi) is 6.85. The fourth-order valence-corrected chi connectivity index (χ4v) is 4.48. The van der Waals surface area contributed by atoms with E-state index in [0.717, 1.165) is 10.8 Å². The van der Waals surface area contributed by atoms with Crippen LogP contribution in [0, 0.1) is 0 Å². The molecule has 2 atom stereocenters. The molecule has 2 aliphatic heterocycles. The van der Waals surface area contributed by atoms with Crippen LogP contribution < -0.4 is 9.47 Å². The number of rotatable bonds is 8. The second-order valence-electron chi connectivity index (χ2n) is 8.41. The number of fused-ring (bicyclic) bond motifs is 1. The molecule has 2 aliphatic rings. The molecule has 0 bridgehead atoms. The molecule has 180 valence electrons. The molecule has 10 heteroatoms. The predicted molar refractivity (Wildman–Crippen MR) is 120 cm³/mol. The second-order valence-corrected chi connectivity index (χ2v) is 8.41. The normalized spacial score (nSPS) is 19.9. The van der Waals surface area contributed by atoms with Crippen molar-refractivity contribution in [3.8, 4) is 11.5 Å². The van der Waals surface area contributed by atoms with E-state index in [9.17, 15) is 29.4 Å². The van der Waals surface area contributed by atoms with Crippen LogP contribution in [-0.2, 0) is 19.2 Å². The van der Waals surface area contributed by atoms with Crippen molar-refractivity contribution in [2.24, 2.45) is 0 Å². The van der Waals surface area contributed by atoms with Crippen molar-refractivity contribution < 1.29 is 38.9 Å². The lowest BCUT2D eigenvalue weighted by Gasteiger charge is -2.21. The smallest absolute Gasteiger partial charge is 0.326 e. The molecule has 2 saturated heterocycles. The molecule has 2 amide bonds. The van der Waals surface area contributed by atoms with E-state index in [4.69, 9.17) is 9.47 Å². The average molecular weight is 470 g/mol. The third kappa shape index (κ3) is 5.05. The Hall–Kier alpha value is -3.82. The Balaban J connectivity index is 1.37. The average Bonchev–Trinajstić information content (AvgIpc) is 3.51. The molecule has 0 radical (unpaired) electrons. The van der Waals surface area contributed by atoms with Gasteiger partial charge in [0.25, 0.3) is 11.8 Å². The van der Waals surface area contributed by atoms with Gasteiger partial charge >= 0.3 is 11.9 Å². The van der Waals surface area contributed by atoms with E-state index < -0.39 is 24.0 Å². The number of carbonyl (C=O) groups excluding carboxylic acids is 2. The Labute approximate surface area is 195 Å². The van der Waals surface area contributed by atoms with Crippen LogP contribution in [0.5, 0.6) is 11.5 Å². The first-order valence-corrected chi connectivity index (χ1v) is 11.2. The lowest BCUT2D eigenvalue weighted by Crippen LogP contribution is -2.42. The lowest BCUT2D eigenvalue weighted by molar-refractivity contribution is -0.149. The first-order valence-electron chi connectivity index (χ1n) is 11.2. The molecule has 2 aromatic rings. The number of carbonyl (C=O) groups is 4. The summed E-state index contributed by atoms with van der Waals surface area (Å²) >= 11 is 0. The quantitative estimate of drug-likeness (QED) is 0.596. The number of amides is 2. The van der Waals surface area contributed by atoms with Gasteiger partial charge in [-0.2, -0.15) is 0 Å². The number of likely N-dealkylation sites (tertiary alicyclic amines) is 2. The zero-order valence-electron chi connectivity index (χ0n) is 18.5. The van der Waals surface area contributed by atoms with Gasteiger partial charge in [-0.3, -0.25) is 9.59 Å². The number of hydrogen-bond donors (Lipinski definition) is 2. The molecule has 10 nitrogen and oxygen atoms in total. The van der Waals surface area contributed by atoms with Crippen LogP contribution in [0.25, 0.3) is 10.8 Å². The van der Waals surface area contributed by atoms with Crippen LogP contribution in [-0.4, -0.2) is 82.2 Å². The topological polar surface area (TPSA) is 134 Å². The molecule has 2 aromatic carbocycles. The van der Waals surface area contributed by atoms with E-state index >= 15 is 0 Å². The molecule has 4 rings (SSSR count). The Bertz CT molecular complexity index is 1030. The zero-order chi connectivity index (χ0) is 24.2. The minimum Gasteiger partial charge on any atom is -0.484 e. The Morgan fingerprint density at radius 1 is 0.735 bits per heavy atom. The summed E-state index contributed by atoms with van der Waals surface area (Å²) in [6.07, 6.45) is 2.19. The molecule has 0 saturated carbocycles. The number of carboxylic acids is 2. The van der Waals surface area contributed by atoms with E-state index in [0.29, 0.717) is 50.3 Å². The molecule has 0 aliphatic carbocycles. The van der Waals surface area contributed by atoms with Crippen LogP contribution >= 0.6 is 0 Å². The first-order chi connectivity index (χ1) is 16.3. The SMILES string of the molecule is O=C(O)[C@H]1CCCN1C(=O)COc1ccc2ccc(OCC(=O)N3CCC[C@@H]3C(=O)O)cc2c1. The van der Waals surface area contributed by atoms with Crippen LogP contribution in [0.4, 0.5) is 0 Å². The van der Waals surface area contributed by atoms with Gasteiger partial charge in [-0.15, -0.1) is 0 Å². The fraction of sp³-hybridized carbons (Fsp3) is 0.417. The zero-order valence-corrected chi connectivity index (χ0v) is 18.5. The number of nitrogens with zero attached hydrogens (tertiary/aromatic N) is 2. The molecule has 2 N–H and O–H groups in total. The molecule has 34 heavy (non-hydrogen) atoms. The Morgan fingerprint density at radius 2 is 1.18 bits per heavy atom. The van der Waals surface area contributed by atoms with Gasteiger partial charge in [0.05, 0.1) is 0 Å². The molecule has 2 heterocycles. The maximum atomic E-state index is 12.4. The minimum atomic E-state index is -1.01. The maximum absolute atomic E-state index is 12.4. The van der Waals surface area contributed by atoms with Crippen molar-refractivity contribution in [2.75, 3.05) is 26.3 Å². The monoisotopic (exact) mass is 470 g/mol. The molecular weight excluding hydrogens is 444 g/mol. The first kappa shape index (κ1) is 23.3. The largest absolute Gasteiger partial charge is 0.484 e. The maximum Gasteiger partial charge on any atom is 0.326 e. The van der Waals surface area contributed by atoms with Gasteiger partial charge in [-0.25, -0.2) is 9.59 Å². The number of ether oxygens (including phenoxy) is 2. The fourth-order valence-electron chi connectivity index (χ4n) is 4.48. The lowest BCUT2D eigenvalue weighted by atomic mass is 10.1. The van der Waals surface area contributed by atoms with Gasteiger partial charge in [0.1, 0.15) is 23.6 Å². The number of hydrogen-bond acceptors (Lipinski definition) is 6. The van der Waals surface area contributed by atoms with E-state index in [2.05, 4.69) is 0 Å². The van der Waals surface area contributed by atoms with Crippen molar-refractivity contribution in [3.05, 3.63) is 36.4 Å². The van der Waals surface area contributed by atoms with E-state index in [1.54, 1.807) is 24.3 Å². The van der Waals surface area contributed by atoms with E-state index in [1.165, 1.54) is 9.80 Å². The van der Waals surface area contributed by atoms with E-state index in [-0.39, 0.29) is 25.0 Å². The number of carboxylic acid groups (broad SMARTS) is 2. The van der Waals surface area contributed by atoms with Gasteiger partial charge in [0.15, 0.2) is 13.2 Å². The molecule has 0 spiro atoms. The van der Waals surface area contributed by atoms with E-state index in [1.807, 2.05) is 12.1 Å². The van der Waals surface area contributed by atoms with Crippen molar-refractivity contribution in [1.82, 2.24) is 9.80 Å². The summed E-state index contributed by atoms with van der Waals surface area (Å²) in [6, 6.07) is 8.94. The molecular formula is C24H26N2O8. The van der Waals surface area contributed by atoms with Crippen molar-refractivity contribution in [1.29, 1.82) is 0 Å². The van der Waals surface area contributed by atoms with Crippen LogP contribution in [0.1, 0.15) is 25.7 Å². The van der Waals surface area contributed by atoms with Gasteiger partial charge in [0, 0.05) is 13.1 Å². The van der Waals surface area contributed by atoms with Crippen LogP contribution in [0.2, 0.25) is 0 Å². The van der Waals surface area contributed by atoms with Crippen LogP contribution in [0.15, 0.2) is 36.4 Å². The van der Waals surface area contributed by atoms with Crippen LogP contribution in [0.3, 0.4) is 0 Å². The van der Waals surface area contributed by atoms with Crippen molar-refractivity contribution in [3.63, 3.8) is 0 Å². The summed E-state index contributed by atoms with van der Waals surface area (Å²) < 4.78 is 11.2. The third-order valence-corrected chi connectivity index (χ3v) is 6.22. The molecule has 0 unspecified atom stereocenters. The highest BCUT2D eigenvalue weighted by atomic mass is 16.5. The van der Waals surface area contributed by atoms with Crippen molar-refractivity contribution in [2.45, 2.75) is 37.8 Å². The standard InChI is InChI=1S/C24H26N2O8/c27-21(25-9-1-3-19(25)23(29)30)13-33-17-7-5-15-6-8-18(12-16(15)11-17)34-14-22(28)26-10-2-4-20(26)24(31)32/h5-8,11-12,19-20H,1-4,9-10,13-14H2,(H,29,30)(H,31,32)/t19-,20-/m1/s1. The predicted octanol–water partition coefficient (Wildman–Crippen LogP) is 1.75. The number of benzene rings is 2. The van der Waals surface area contributed by atoms with Gasteiger partial charge in [-0.1, -0.05) is 12.1 Å². The summed E-state index contributed by atoms with van der Waals surface area (Å²) in [7, 11) is 0. The van der Waals surface area contributed by atoms with Gasteiger partial charge in [-0.05, 0) is 60.7 Å². The second kappa shape index (κ2) is 9.98. The number of aliphatic carboxylic acids is 2. The minimum absolute atomic E-state index is 0.263. The van der Waals surface area contributed by atoms with Gasteiger partial charge in [0.2, 0.25) is 0 Å².